The van der Waals surface area contributed by atoms with Crippen LogP contribution in [0.25, 0.3) is 11.1 Å². The molecule has 3 rings (SSSR count). The van der Waals surface area contributed by atoms with Gasteiger partial charge >= 0.3 is 0 Å². The second kappa shape index (κ2) is 11.6. The molecule has 0 saturated carbocycles. The maximum atomic E-state index is 11.7. The molecule has 7 heteroatoms. The first-order valence-corrected chi connectivity index (χ1v) is 10.9. The molecule has 0 spiro atoms. The largest absolute Gasteiger partial charge is 0.389 e. The van der Waals surface area contributed by atoms with Crippen LogP contribution in [0.1, 0.15) is 45.8 Å². The summed E-state index contributed by atoms with van der Waals surface area (Å²) in [5, 5.41) is 9.79. The molecule has 0 bridgehead atoms. The van der Waals surface area contributed by atoms with Crippen LogP contribution in [0.5, 0.6) is 0 Å². The summed E-state index contributed by atoms with van der Waals surface area (Å²) in [5.41, 5.74) is 11.6. The molecule has 0 aliphatic carbocycles. The van der Waals surface area contributed by atoms with Crippen LogP contribution in [0.15, 0.2) is 64.8 Å². The Hall–Kier alpha value is -2.77. The Balaban J connectivity index is 0.00000166. The number of carbonyl (C=O) groups is 1. The fourth-order valence-corrected chi connectivity index (χ4v) is 3.55. The van der Waals surface area contributed by atoms with E-state index in [1.54, 1.807) is 18.7 Å². The third-order valence-corrected chi connectivity index (χ3v) is 5.32. The predicted molar refractivity (Wildman–Crippen MR) is 131 cm³/mol. The van der Waals surface area contributed by atoms with Crippen LogP contribution in [-0.2, 0) is 4.79 Å². The molecule has 1 heterocycles. The molecular formula is C24H32N4O2S. The molecular weight excluding hydrogens is 408 g/mol. The van der Waals surface area contributed by atoms with E-state index < -0.39 is 6.10 Å². The van der Waals surface area contributed by atoms with E-state index in [1.165, 1.54) is 0 Å². The monoisotopic (exact) mass is 440 g/mol. The molecule has 1 atom stereocenters. The zero-order chi connectivity index (χ0) is 23.0. The highest BCUT2D eigenvalue weighted by atomic mass is 32.1. The van der Waals surface area contributed by atoms with E-state index in [-0.39, 0.29) is 5.91 Å². The van der Waals surface area contributed by atoms with E-state index in [2.05, 4.69) is 22.5 Å². The second-order valence-corrected chi connectivity index (χ2v) is 7.33. The molecule has 0 aromatic heterocycles. The average molecular weight is 441 g/mol. The smallest absolute Gasteiger partial charge is 0.219 e. The lowest BCUT2D eigenvalue weighted by Gasteiger charge is -2.29. The number of rotatable bonds is 5. The Kier molecular flexibility index (Phi) is 9.15. The lowest BCUT2D eigenvalue weighted by atomic mass is 10.0. The number of nitrogens with one attached hydrogen (secondary N) is 1. The zero-order valence-corrected chi connectivity index (χ0v) is 19.5. The maximum absolute atomic E-state index is 11.7. The lowest BCUT2D eigenvalue weighted by molar-refractivity contribution is -0.128. The van der Waals surface area contributed by atoms with Crippen molar-refractivity contribution in [2.45, 2.75) is 40.2 Å². The number of carbonyl (C=O) groups excluding carboxylic acids is 1. The molecule has 31 heavy (non-hydrogen) atoms. The number of nitrogens with zero attached hydrogens (tertiary/aromatic N) is 2. The quantitative estimate of drug-likeness (QED) is 0.316. The van der Waals surface area contributed by atoms with E-state index in [9.17, 15) is 9.90 Å². The fourth-order valence-electron chi connectivity index (χ4n) is 3.30. The summed E-state index contributed by atoms with van der Waals surface area (Å²) in [5.74, 6) is 0.383. The Bertz CT molecular complexity index is 952. The number of benzene rings is 2. The molecule has 0 fully saturated rings. The molecule has 1 amide bonds. The van der Waals surface area contributed by atoms with Crippen LogP contribution in [0.2, 0.25) is 0 Å². The highest BCUT2D eigenvalue weighted by Gasteiger charge is 2.22. The lowest BCUT2D eigenvalue weighted by Crippen LogP contribution is -2.40. The molecule has 2 aromatic carbocycles. The first kappa shape index (κ1) is 24.5. The van der Waals surface area contributed by atoms with Gasteiger partial charge in [0.05, 0.1) is 18.3 Å². The molecule has 1 aliphatic heterocycles. The SMILES string of the molecule is CC.CC(=O)N1CCC(NS)=C(C(N)=Nc2ccc(-c3cccc(C(C)O)c3)cc2)C1. The number of amides is 1. The summed E-state index contributed by atoms with van der Waals surface area (Å²) in [6.45, 7) is 8.35. The van der Waals surface area contributed by atoms with Gasteiger partial charge in [0.25, 0.3) is 0 Å². The van der Waals surface area contributed by atoms with Crippen LogP contribution in [0.3, 0.4) is 0 Å². The maximum Gasteiger partial charge on any atom is 0.219 e. The Labute approximate surface area is 190 Å². The highest BCUT2D eigenvalue weighted by Crippen LogP contribution is 2.26. The molecule has 166 valence electrons. The standard InChI is InChI=1S/C22H26N4O2S.C2H6/c1-14(27)17-4-3-5-18(12-17)16-6-8-19(9-7-16)24-22(23)20-13-26(15(2)28)11-10-21(20)25-29;1-2/h3-9,12,14,25,27,29H,10-11,13H2,1-2H3,(H2,23,24);1-2H3. The number of aliphatic imine (C=N–C) groups is 1. The Morgan fingerprint density at radius 3 is 2.45 bits per heavy atom. The van der Waals surface area contributed by atoms with Crippen molar-refractivity contribution in [3.8, 4) is 11.1 Å². The molecule has 0 radical (unpaired) electrons. The zero-order valence-electron chi connectivity index (χ0n) is 18.6. The van der Waals surface area contributed by atoms with Gasteiger partial charge in [-0.15, -0.1) is 0 Å². The van der Waals surface area contributed by atoms with E-state index in [0.717, 1.165) is 33.6 Å². The van der Waals surface area contributed by atoms with Gasteiger partial charge in [-0.3, -0.25) is 4.79 Å². The minimum atomic E-state index is -0.508. The van der Waals surface area contributed by atoms with Crippen molar-refractivity contribution in [3.05, 3.63) is 65.4 Å². The fraction of sp³-hybridized carbons (Fsp3) is 0.333. The van der Waals surface area contributed by atoms with Gasteiger partial charge in [0, 0.05) is 31.2 Å². The van der Waals surface area contributed by atoms with E-state index in [0.29, 0.717) is 25.3 Å². The summed E-state index contributed by atoms with van der Waals surface area (Å²) >= 11 is 4.16. The van der Waals surface area contributed by atoms with Crippen LogP contribution in [0.4, 0.5) is 5.69 Å². The number of aliphatic hydroxyl groups is 1. The van der Waals surface area contributed by atoms with Gasteiger partial charge in [0.1, 0.15) is 5.84 Å². The normalized spacial score (nSPS) is 15.2. The molecule has 6 nitrogen and oxygen atoms in total. The Morgan fingerprint density at radius 2 is 1.87 bits per heavy atom. The predicted octanol–water partition coefficient (Wildman–Crippen LogP) is 4.36. The first-order valence-electron chi connectivity index (χ1n) is 10.5. The molecule has 4 N–H and O–H groups in total. The van der Waals surface area contributed by atoms with Crippen LogP contribution < -0.4 is 10.5 Å². The first-order chi connectivity index (χ1) is 14.9. The van der Waals surface area contributed by atoms with Crippen LogP contribution in [-0.4, -0.2) is 34.8 Å². The van der Waals surface area contributed by atoms with Gasteiger partial charge < -0.3 is 20.5 Å². The second-order valence-electron chi connectivity index (χ2n) is 7.10. The van der Waals surface area contributed by atoms with Crippen molar-refractivity contribution in [2.24, 2.45) is 10.7 Å². The van der Waals surface area contributed by atoms with E-state index >= 15 is 0 Å². The van der Waals surface area contributed by atoms with Crippen molar-refractivity contribution >= 4 is 30.2 Å². The molecule has 0 saturated heterocycles. The summed E-state index contributed by atoms with van der Waals surface area (Å²) < 4.78 is 2.88. The molecule has 1 unspecified atom stereocenters. The summed E-state index contributed by atoms with van der Waals surface area (Å²) in [6.07, 6.45) is 0.152. The van der Waals surface area contributed by atoms with Crippen LogP contribution >= 0.6 is 12.8 Å². The van der Waals surface area contributed by atoms with Crippen molar-refractivity contribution < 1.29 is 9.90 Å². The van der Waals surface area contributed by atoms with Crippen molar-refractivity contribution in [1.82, 2.24) is 9.62 Å². The Morgan fingerprint density at radius 1 is 1.19 bits per heavy atom. The highest BCUT2D eigenvalue weighted by molar-refractivity contribution is 7.78. The van der Waals surface area contributed by atoms with Gasteiger partial charge in [-0.25, -0.2) is 4.99 Å². The number of nitrogens with two attached hydrogens (primary N) is 1. The summed E-state index contributed by atoms with van der Waals surface area (Å²) in [4.78, 5) is 18.0. The van der Waals surface area contributed by atoms with Crippen LogP contribution in [0, 0.1) is 0 Å². The number of thiol groups is 1. The number of aliphatic hydroxyl groups excluding tert-OH is 1. The van der Waals surface area contributed by atoms with Gasteiger partial charge in [0.2, 0.25) is 5.91 Å². The van der Waals surface area contributed by atoms with Gasteiger partial charge in [0.15, 0.2) is 0 Å². The van der Waals surface area contributed by atoms with Crippen molar-refractivity contribution in [2.75, 3.05) is 13.1 Å². The van der Waals surface area contributed by atoms with E-state index in [4.69, 9.17) is 5.73 Å². The van der Waals surface area contributed by atoms with E-state index in [1.807, 2.05) is 62.4 Å². The topological polar surface area (TPSA) is 91.0 Å². The van der Waals surface area contributed by atoms with Crippen molar-refractivity contribution in [3.63, 3.8) is 0 Å². The van der Waals surface area contributed by atoms with Gasteiger partial charge in [-0.1, -0.05) is 57.0 Å². The van der Waals surface area contributed by atoms with Crippen molar-refractivity contribution in [1.29, 1.82) is 0 Å². The minimum Gasteiger partial charge on any atom is -0.389 e. The minimum absolute atomic E-state index is 0.0114. The summed E-state index contributed by atoms with van der Waals surface area (Å²) in [7, 11) is 0. The molecule has 2 aromatic rings. The molecule has 1 aliphatic rings. The average Bonchev–Trinajstić information content (AvgIpc) is 2.80. The summed E-state index contributed by atoms with van der Waals surface area (Å²) in [6, 6.07) is 15.6. The third kappa shape index (κ3) is 6.35. The van der Waals surface area contributed by atoms with Gasteiger partial charge in [-0.2, -0.15) is 0 Å². The number of amidine groups is 1. The number of hydrogen-bond donors (Lipinski definition) is 4. The third-order valence-electron chi connectivity index (χ3n) is 5.05. The van der Waals surface area contributed by atoms with Gasteiger partial charge in [-0.05, 0) is 41.8 Å². The number of hydrogen-bond acceptors (Lipinski definition) is 5.